The standard InChI is InChI=1S/C15H17FN4O.ClH/c16-11-3-1-2-4-12(11)18-15(21)14-9-13(19-20-14)10-5-7-17-8-6-10;/h1-4,9-10,17H,5-8H2,(H,18,21)(H,19,20);1H. The number of carbonyl (C=O) groups excluding carboxylic acids is 1. The summed E-state index contributed by atoms with van der Waals surface area (Å²) in [5, 5.41) is 12.8. The molecule has 2 aromatic rings. The molecule has 0 atom stereocenters. The van der Waals surface area contributed by atoms with Crippen molar-refractivity contribution in [2.45, 2.75) is 18.8 Å². The minimum atomic E-state index is -0.458. The number of hydrogen-bond acceptors (Lipinski definition) is 3. The van der Waals surface area contributed by atoms with E-state index in [9.17, 15) is 9.18 Å². The molecule has 0 aliphatic carbocycles. The Hall–Kier alpha value is -1.92. The Morgan fingerprint density at radius 3 is 2.73 bits per heavy atom. The molecular weight excluding hydrogens is 307 g/mol. The van der Waals surface area contributed by atoms with E-state index in [2.05, 4.69) is 20.8 Å². The van der Waals surface area contributed by atoms with Gasteiger partial charge in [0.15, 0.2) is 5.69 Å². The molecule has 1 aromatic heterocycles. The van der Waals surface area contributed by atoms with Gasteiger partial charge >= 0.3 is 0 Å². The third-order valence-corrected chi connectivity index (χ3v) is 3.73. The first-order valence-corrected chi connectivity index (χ1v) is 7.06. The maximum atomic E-state index is 13.5. The molecule has 0 unspecified atom stereocenters. The second-order valence-electron chi connectivity index (χ2n) is 5.17. The number of para-hydroxylation sites is 1. The zero-order chi connectivity index (χ0) is 14.7. The number of halogens is 2. The van der Waals surface area contributed by atoms with Crippen LogP contribution in [-0.4, -0.2) is 29.2 Å². The zero-order valence-electron chi connectivity index (χ0n) is 11.9. The van der Waals surface area contributed by atoms with E-state index in [1.165, 1.54) is 12.1 Å². The number of piperidine rings is 1. The summed E-state index contributed by atoms with van der Waals surface area (Å²) in [7, 11) is 0. The van der Waals surface area contributed by atoms with Gasteiger partial charge in [-0.1, -0.05) is 12.1 Å². The number of hydrogen-bond donors (Lipinski definition) is 3. The Kier molecular flexibility index (Phi) is 5.51. The fourth-order valence-electron chi connectivity index (χ4n) is 2.54. The van der Waals surface area contributed by atoms with E-state index in [0.29, 0.717) is 5.92 Å². The van der Waals surface area contributed by atoms with Crippen molar-refractivity contribution in [3.63, 3.8) is 0 Å². The van der Waals surface area contributed by atoms with Crippen LogP contribution in [0.15, 0.2) is 30.3 Å². The number of aromatic amines is 1. The van der Waals surface area contributed by atoms with E-state index in [-0.39, 0.29) is 23.8 Å². The van der Waals surface area contributed by atoms with Crippen LogP contribution in [0.25, 0.3) is 0 Å². The Bertz CT molecular complexity index is 640. The Labute approximate surface area is 134 Å². The normalized spacial score (nSPS) is 15.1. The summed E-state index contributed by atoms with van der Waals surface area (Å²) in [6.07, 6.45) is 2.05. The largest absolute Gasteiger partial charge is 0.318 e. The number of benzene rings is 1. The number of anilines is 1. The average molecular weight is 325 g/mol. The number of H-pyrrole nitrogens is 1. The summed E-state index contributed by atoms with van der Waals surface area (Å²) >= 11 is 0. The molecule has 2 heterocycles. The van der Waals surface area contributed by atoms with Gasteiger partial charge in [-0.25, -0.2) is 4.39 Å². The molecule has 1 aliphatic rings. The first-order chi connectivity index (χ1) is 10.2. The van der Waals surface area contributed by atoms with Crippen molar-refractivity contribution in [2.75, 3.05) is 18.4 Å². The number of amides is 1. The van der Waals surface area contributed by atoms with E-state index in [1.54, 1.807) is 18.2 Å². The van der Waals surface area contributed by atoms with Gasteiger partial charge in [-0.15, -0.1) is 12.4 Å². The number of nitrogens with zero attached hydrogens (tertiary/aromatic N) is 1. The third-order valence-electron chi connectivity index (χ3n) is 3.73. The Morgan fingerprint density at radius 1 is 1.27 bits per heavy atom. The van der Waals surface area contributed by atoms with Crippen molar-refractivity contribution in [2.24, 2.45) is 0 Å². The van der Waals surface area contributed by atoms with E-state index < -0.39 is 11.7 Å². The highest BCUT2D eigenvalue weighted by Gasteiger charge is 2.19. The summed E-state index contributed by atoms with van der Waals surface area (Å²) in [5.74, 6) is -0.467. The van der Waals surface area contributed by atoms with Crippen LogP contribution in [0.2, 0.25) is 0 Å². The van der Waals surface area contributed by atoms with Gasteiger partial charge in [0, 0.05) is 11.6 Å². The predicted molar refractivity (Wildman–Crippen MR) is 85.0 cm³/mol. The summed E-state index contributed by atoms with van der Waals surface area (Å²) in [6.45, 7) is 1.95. The minimum Gasteiger partial charge on any atom is -0.318 e. The predicted octanol–water partition coefficient (Wildman–Crippen LogP) is 2.69. The fraction of sp³-hybridized carbons (Fsp3) is 0.333. The van der Waals surface area contributed by atoms with Gasteiger partial charge < -0.3 is 10.6 Å². The van der Waals surface area contributed by atoms with Crippen LogP contribution < -0.4 is 10.6 Å². The maximum Gasteiger partial charge on any atom is 0.276 e. The van der Waals surface area contributed by atoms with Gasteiger partial charge in [0.25, 0.3) is 5.91 Å². The molecule has 0 spiro atoms. The van der Waals surface area contributed by atoms with Crippen LogP contribution in [-0.2, 0) is 0 Å². The Balaban J connectivity index is 0.00000176. The molecule has 1 saturated heterocycles. The molecule has 0 bridgehead atoms. The van der Waals surface area contributed by atoms with Crippen molar-refractivity contribution in [3.05, 3.63) is 47.5 Å². The van der Waals surface area contributed by atoms with Crippen molar-refractivity contribution in [1.82, 2.24) is 15.5 Å². The third kappa shape index (κ3) is 3.64. The highest BCUT2D eigenvalue weighted by atomic mass is 35.5. The lowest BCUT2D eigenvalue weighted by atomic mass is 9.94. The van der Waals surface area contributed by atoms with E-state index >= 15 is 0 Å². The molecule has 118 valence electrons. The molecule has 0 radical (unpaired) electrons. The molecule has 1 amide bonds. The van der Waals surface area contributed by atoms with Gasteiger partial charge in [-0.05, 0) is 44.1 Å². The molecule has 1 aliphatic heterocycles. The van der Waals surface area contributed by atoms with Gasteiger partial charge in [0.2, 0.25) is 0 Å². The molecular formula is C15H18ClFN4O. The van der Waals surface area contributed by atoms with Crippen molar-refractivity contribution in [1.29, 1.82) is 0 Å². The zero-order valence-corrected chi connectivity index (χ0v) is 12.8. The minimum absolute atomic E-state index is 0. The van der Waals surface area contributed by atoms with E-state index in [0.717, 1.165) is 31.6 Å². The summed E-state index contributed by atoms with van der Waals surface area (Å²) in [6, 6.07) is 7.83. The lowest BCUT2D eigenvalue weighted by molar-refractivity contribution is 0.102. The lowest BCUT2D eigenvalue weighted by Gasteiger charge is -2.20. The summed E-state index contributed by atoms with van der Waals surface area (Å²) in [5.41, 5.74) is 1.41. The van der Waals surface area contributed by atoms with Crippen LogP contribution in [0.4, 0.5) is 10.1 Å². The molecule has 0 saturated carbocycles. The number of carbonyl (C=O) groups is 1. The smallest absolute Gasteiger partial charge is 0.276 e. The van der Waals surface area contributed by atoms with Crippen molar-refractivity contribution in [3.8, 4) is 0 Å². The molecule has 1 fully saturated rings. The number of rotatable bonds is 3. The summed E-state index contributed by atoms with van der Waals surface area (Å²) < 4.78 is 13.5. The van der Waals surface area contributed by atoms with E-state index in [1.807, 2.05) is 0 Å². The van der Waals surface area contributed by atoms with Crippen LogP contribution in [0, 0.1) is 5.82 Å². The highest BCUT2D eigenvalue weighted by molar-refractivity contribution is 6.02. The molecule has 3 rings (SSSR count). The van der Waals surface area contributed by atoms with Crippen molar-refractivity contribution < 1.29 is 9.18 Å². The topological polar surface area (TPSA) is 69.8 Å². The molecule has 7 heteroatoms. The molecule has 3 N–H and O–H groups in total. The number of nitrogens with one attached hydrogen (secondary N) is 3. The van der Waals surface area contributed by atoms with Crippen LogP contribution in [0.1, 0.15) is 34.9 Å². The highest BCUT2D eigenvalue weighted by Crippen LogP contribution is 2.24. The first kappa shape index (κ1) is 16.5. The molecule has 22 heavy (non-hydrogen) atoms. The van der Waals surface area contributed by atoms with Gasteiger partial charge in [-0.2, -0.15) is 5.10 Å². The molecule has 1 aromatic carbocycles. The first-order valence-electron chi connectivity index (χ1n) is 7.06. The van der Waals surface area contributed by atoms with E-state index in [4.69, 9.17) is 0 Å². The monoisotopic (exact) mass is 324 g/mol. The maximum absolute atomic E-state index is 13.5. The number of aromatic nitrogens is 2. The van der Waals surface area contributed by atoms with Crippen LogP contribution in [0.3, 0.4) is 0 Å². The Morgan fingerprint density at radius 2 is 2.00 bits per heavy atom. The van der Waals surface area contributed by atoms with Gasteiger partial charge in [0.1, 0.15) is 5.82 Å². The second kappa shape index (κ2) is 7.38. The quantitative estimate of drug-likeness (QED) is 0.813. The van der Waals surface area contributed by atoms with Crippen LogP contribution >= 0.6 is 12.4 Å². The van der Waals surface area contributed by atoms with Gasteiger partial charge in [0.05, 0.1) is 5.69 Å². The average Bonchev–Trinajstić information content (AvgIpc) is 3.00. The second-order valence-corrected chi connectivity index (χ2v) is 5.17. The molecule has 5 nitrogen and oxygen atoms in total. The van der Waals surface area contributed by atoms with Gasteiger partial charge in [-0.3, -0.25) is 9.89 Å². The lowest BCUT2D eigenvalue weighted by Crippen LogP contribution is -2.26. The SMILES string of the molecule is Cl.O=C(Nc1ccccc1F)c1cc(C2CCNCC2)[nH]n1. The summed E-state index contributed by atoms with van der Waals surface area (Å²) in [4.78, 5) is 12.1. The van der Waals surface area contributed by atoms with Crippen molar-refractivity contribution >= 4 is 24.0 Å². The van der Waals surface area contributed by atoms with Crippen LogP contribution in [0.5, 0.6) is 0 Å². The fourth-order valence-corrected chi connectivity index (χ4v) is 2.54.